The maximum atomic E-state index is 14.0. The number of hydrogen-bond donors (Lipinski definition) is 2. The van der Waals surface area contributed by atoms with Gasteiger partial charge in [-0.15, -0.1) is 0 Å². The lowest BCUT2D eigenvalue weighted by molar-refractivity contribution is 0.392. The summed E-state index contributed by atoms with van der Waals surface area (Å²) in [5.41, 5.74) is 2.42. The molecule has 0 bridgehead atoms. The first-order valence-electron chi connectivity index (χ1n) is 8.41. The molecule has 1 heterocycles. The lowest BCUT2D eigenvalue weighted by Gasteiger charge is -2.12. The van der Waals surface area contributed by atoms with E-state index in [9.17, 15) is 4.39 Å². The molecule has 0 aliphatic heterocycles. The summed E-state index contributed by atoms with van der Waals surface area (Å²) in [6.07, 6.45) is 0.830. The third kappa shape index (κ3) is 3.95. The summed E-state index contributed by atoms with van der Waals surface area (Å²) in [5, 5.41) is 11.0. The molecule has 0 amide bonds. The van der Waals surface area contributed by atoms with Gasteiger partial charge in [-0.25, -0.2) is 9.38 Å². The predicted octanol–water partition coefficient (Wildman–Crippen LogP) is 3.70. The molecule has 1 aromatic heterocycles. The first-order chi connectivity index (χ1) is 12.0. The second kappa shape index (κ2) is 7.44. The molecule has 1 aliphatic rings. The summed E-state index contributed by atoms with van der Waals surface area (Å²) in [6.45, 7) is 7.01. The smallest absolute Gasteiger partial charge is 0.191 e. The molecular formula is C18H22ClFN4O. The normalized spacial score (nSPS) is 19.8. The van der Waals surface area contributed by atoms with Gasteiger partial charge >= 0.3 is 0 Å². The first-order valence-corrected chi connectivity index (χ1v) is 8.79. The van der Waals surface area contributed by atoms with Crippen molar-refractivity contribution in [2.45, 2.75) is 45.7 Å². The Balaban J connectivity index is 1.68. The highest BCUT2D eigenvalue weighted by Gasteiger charge is 2.41. The molecule has 3 rings (SSSR count). The quantitative estimate of drug-likeness (QED) is 0.627. The zero-order valence-electron chi connectivity index (χ0n) is 14.6. The molecule has 1 saturated carbocycles. The van der Waals surface area contributed by atoms with Crippen molar-refractivity contribution in [3.05, 3.63) is 51.6 Å². The molecule has 134 valence electrons. The molecule has 0 saturated heterocycles. The largest absolute Gasteiger partial charge is 0.361 e. The van der Waals surface area contributed by atoms with Gasteiger partial charge in [0.05, 0.1) is 12.2 Å². The highest BCUT2D eigenvalue weighted by atomic mass is 35.5. The van der Waals surface area contributed by atoms with Crippen molar-refractivity contribution in [3.63, 3.8) is 0 Å². The summed E-state index contributed by atoms with van der Waals surface area (Å²) in [6, 6.07) is 4.93. The minimum Gasteiger partial charge on any atom is -0.361 e. The van der Waals surface area contributed by atoms with Crippen LogP contribution in [-0.4, -0.2) is 23.7 Å². The number of hydrogen-bond acceptors (Lipinski definition) is 3. The monoisotopic (exact) mass is 364 g/mol. The van der Waals surface area contributed by atoms with Gasteiger partial charge in [0.2, 0.25) is 0 Å². The van der Waals surface area contributed by atoms with Crippen LogP contribution in [0.25, 0.3) is 0 Å². The van der Waals surface area contributed by atoms with Crippen LogP contribution in [-0.2, 0) is 6.54 Å². The van der Waals surface area contributed by atoms with Crippen LogP contribution < -0.4 is 10.6 Å². The average molecular weight is 365 g/mol. The van der Waals surface area contributed by atoms with E-state index in [0.29, 0.717) is 23.1 Å². The van der Waals surface area contributed by atoms with Crippen molar-refractivity contribution in [2.75, 3.05) is 6.54 Å². The van der Waals surface area contributed by atoms with E-state index in [1.165, 1.54) is 6.07 Å². The number of nitrogens with one attached hydrogen (secondary N) is 2. The molecule has 5 nitrogen and oxygen atoms in total. The van der Waals surface area contributed by atoms with Crippen LogP contribution in [0.1, 0.15) is 41.8 Å². The van der Waals surface area contributed by atoms with E-state index in [0.717, 1.165) is 30.0 Å². The Labute approximate surface area is 151 Å². The van der Waals surface area contributed by atoms with Crippen LogP contribution in [0.3, 0.4) is 0 Å². The Kier molecular flexibility index (Phi) is 5.27. The van der Waals surface area contributed by atoms with E-state index in [2.05, 4.69) is 20.8 Å². The van der Waals surface area contributed by atoms with Crippen LogP contribution >= 0.6 is 11.6 Å². The van der Waals surface area contributed by atoms with Gasteiger partial charge in [0, 0.05) is 34.7 Å². The van der Waals surface area contributed by atoms with Gasteiger partial charge in [0.1, 0.15) is 11.6 Å². The van der Waals surface area contributed by atoms with Gasteiger partial charge in [-0.1, -0.05) is 22.8 Å². The number of nitrogens with zero attached hydrogens (tertiary/aromatic N) is 2. The van der Waals surface area contributed by atoms with E-state index in [-0.39, 0.29) is 17.8 Å². The van der Waals surface area contributed by atoms with Crippen LogP contribution in [0.15, 0.2) is 27.7 Å². The summed E-state index contributed by atoms with van der Waals surface area (Å²) in [4.78, 5) is 4.60. The van der Waals surface area contributed by atoms with Crippen molar-refractivity contribution in [1.82, 2.24) is 15.8 Å². The second-order valence-corrected chi connectivity index (χ2v) is 6.63. The Bertz CT molecular complexity index is 750. The summed E-state index contributed by atoms with van der Waals surface area (Å²) in [7, 11) is 0. The van der Waals surface area contributed by atoms with Crippen LogP contribution in [0.5, 0.6) is 0 Å². The number of rotatable bonds is 5. The second-order valence-electron chi connectivity index (χ2n) is 6.23. The molecule has 1 aromatic carbocycles. The lowest BCUT2D eigenvalue weighted by Crippen LogP contribution is -2.39. The highest BCUT2D eigenvalue weighted by molar-refractivity contribution is 6.31. The van der Waals surface area contributed by atoms with Crippen LogP contribution in [0, 0.1) is 19.7 Å². The molecule has 7 heteroatoms. The fraction of sp³-hybridized carbons (Fsp3) is 0.444. The van der Waals surface area contributed by atoms with E-state index in [1.54, 1.807) is 12.1 Å². The number of benzene rings is 1. The number of guanidine groups is 1. The Morgan fingerprint density at radius 1 is 1.44 bits per heavy atom. The molecule has 1 aliphatic carbocycles. The van der Waals surface area contributed by atoms with E-state index in [4.69, 9.17) is 16.1 Å². The van der Waals surface area contributed by atoms with E-state index < -0.39 is 0 Å². The number of aliphatic imine (C=N–C) groups is 1. The molecule has 25 heavy (non-hydrogen) atoms. The van der Waals surface area contributed by atoms with Crippen molar-refractivity contribution in [2.24, 2.45) is 4.99 Å². The van der Waals surface area contributed by atoms with Crippen molar-refractivity contribution < 1.29 is 8.91 Å². The Hall–Kier alpha value is -2.08. The molecule has 2 unspecified atom stereocenters. The fourth-order valence-corrected chi connectivity index (χ4v) is 3.22. The first kappa shape index (κ1) is 17.7. The van der Waals surface area contributed by atoms with E-state index in [1.807, 2.05) is 20.8 Å². The van der Waals surface area contributed by atoms with Crippen LogP contribution in [0.4, 0.5) is 4.39 Å². The van der Waals surface area contributed by atoms with Gasteiger partial charge in [-0.05, 0) is 39.3 Å². The molecule has 2 N–H and O–H groups in total. The number of halogens is 2. The minimum absolute atomic E-state index is 0.0663. The van der Waals surface area contributed by atoms with Crippen molar-refractivity contribution >= 4 is 17.6 Å². The Morgan fingerprint density at radius 2 is 2.24 bits per heavy atom. The summed E-state index contributed by atoms with van der Waals surface area (Å²) < 4.78 is 19.2. The zero-order valence-corrected chi connectivity index (χ0v) is 15.3. The lowest BCUT2D eigenvalue weighted by atomic mass is 10.1. The SMILES string of the molecule is CCNC(=NCc1c(C)noc1C)NC1CC1c1c(F)cccc1Cl. The van der Waals surface area contributed by atoms with Gasteiger partial charge in [0.15, 0.2) is 5.96 Å². The maximum Gasteiger partial charge on any atom is 0.191 e. The molecule has 2 atom stereocenters. The third-order valence-corrected chi connectivity index (χ3v) is 4.73. The van der Waals surface area contributed by atoms with Gasteiger partial charge in [-0.2, -0.15) is 0 Å². The van der Waals surface area contributed by atoms with E-state index >= 15 is 0 Å². The fourth-order valence-electron chi connectivity index (χ4n) is 2.92. The molecule has 2 aromatic rings. The standard InChI is InChI=1S/C18H22ClFN4O/c1-4-21-18(22-9-13-10(2)24-25-11(13)3)23-16-8-12(16)17-14(19)6-5-7-15(17)20/h5-7,12,16H,4,8-9H2,1-3H3,(H2,21,22,23). The molecule has 1 fully saturated rings. The third-order valence-electron chi connectivity index (χ3n) is 4.40. The summed E-state index contributed by atoms with van der Waals surface area (Å²) in [5.74, 6) is 1.29. The number of aryl methyl sites for hydroxylation is 2. The van der Waals surface area contributed by atoms with Crippen molar-refractivity contribution in [3.8, 4) is 0 Å². The van der Waals surface area contributed by atoms with Gasteiger partial charge < -0.3 is 15.2 Å². The topological polar surface area (TPSA) is 62.5 Å². The summed E-state index contributed by atoms with van der Waals surface area (Å²) >= 11 is 6.16. The predicted molar refractivity (Wildman–Crippen MR) is 96.5 cm³/mol. The zero-order chi connectivity index (χ0) is 18.0. The molecular weight excluding hydrogens is 343 g/mol. The van der Waals surface area contributed by atoms with Crippen molar-refractivity contribution in [1.29, 1.82) is 0 Å². The average Bonchev–Trinajstić information content (AvgIpc) is 3.23. The maximum absolute atomic E-state index is 14.0. The Morgan fingerprint density at radius 3 is 2.88 bits per heavy atom. The molecule has 0 radical (unpaired) electrons. The molecule has 0 spiro atoms. The van der Waals surface area contributed by atoms with Crippen LogP contribution in [0.2, 0.25) is 5.02 Å². The number of aromatic nitrogens is 1. The van der Waals surface area contributed by atoms with Gasteiger partial charge in [0.25, 0.3) is 0 Å². The minimum atomic E-state index is -0.250. The highest BCUT2D eigenvalue weighted by Crippen LogP contribution is 2.44. The van der Waals surface area contributed by atoms with Gasteiger partial charge in [-0.3, -0.25) is 0 Å².